The van der Waals surface area contributed by atoms with Crippen molar-refractivity contribution in [2.45, 2.75) is 25.7 Å². The van der Waals surface area contributed by atoms with Gasteiger partial charge in [0, 0.05) is 11.0 Å². The van der Waals surface area contributed by atoms with Crippen molar-refractivity contribution >= 4 is 17.6 Å². The molecule has 100 valence electrons. The number of rotatable bonds is 3. The van der Waals surface area contributed by atoms with Crippen LogP contribution in [0.5, 0.6) is 0 Å². The quantitative estimate of drug-likeness (QED) is 0.523. The van der Waals surface area contributed by atoms with Gasteiger partial charge in [-0.2, -0.15) is 0 Å². The zero-order valence-corrected chi connectivity index (χ0v) is 10.2. The lowest BCUT2D eigenvalue weighted by Gasteiger charge is -2.24. The Kier molecular flexibility index (Phi) is 3.90. The maximum atomic E-state index is 13.6. The van der Waals surface area contributed by atoms with Crippen LogP contribution in [0.4, 0.5) is 17.6 Å². The van der Waals surface area contributed by atoms with Crippen LogP contribution in [0.3, 0.4) is 0 Å². The van der Waals surface area contributed by atoms with Crippen LogP contribution in [-0.4, -0.2) is 11.1 Å². The fourth-order valence-electron chi connectivity index (χ4n) is 1.67. The van der Waals surface area contributed by atoms with Gasteiger partial charge in [-0.3, -0.25) is 4.79 Å². The molecule has 0 saturated carbocycles. The lowest BCUT2D eigenvalue weighted by atomic mass is 9.80. The van der Waals surface area contributed by atoms with Gasteiger partial charge in [-0.05, 0) is 0 Å². The molecule has 0 aliphatic heterocycles. The van der Waals surface area contributed by atoms with Gasteiger partial charge in [0.2, 0.25) is 0 Å². The minimum Gasteiger partial charge on any atom is -0.481 e. The van der Waals surface area contributed by atoms with E-state index in [0.717, 1.165) is 13.8 Å². The van der Waals surface area contributed by atoms with Crippen LogP contribution in [0.1, 0.15) is 25.8 Å². The molecule has 0 amide bonds. The zero-order chi connectivity index (χ0) is 14.2. The number of benzene rings is 1. The lowest BCUT2D eigenvalue weighted by molar-refractivity contribution is -0.138. The molecule has 0 saturated heterocycles. The first kappa shape index (κ1) is 14.8. The van der Waals surface area contributed by atoms with Gasteiger partial charge in [0.15, 0.2) is 23.3 Å². The van der Waals surface area contributed by atoms with Gasteiger partial charge in [0.05, 0.1) is 6.42 Å². The van der Waals surface area contributed by atoms with Crippen molar-refractivity contribution in [3.05, 3.63) is 33.9 Å². The second-order valence-corrected chi connectivity index (χ2v) is 4.78. The Morgan fingerprint density at radius 2 is 1.50 bits per heavy atom. The van der Waals surface area contributed by atoms with E-state index in [9.17, 15) is 22.4 Å². The van der Waals surface area contributed by atoms with E-state index in [0.29, 0.717) is 0 Å². The topological polar surface area (TPSA) is 37.3 Å². The van der Waals surface area contributed by atoms with E-state index in [1.54, 1.807) is 0 Å². The smallest absolute Gasteiger partial charge is 0.304 e. The maximum absolute atomic E-state index is 13.6. The Morgan fingerprint density at radius 1 is 1.11 bits per heavy atom. The second-order valence-electron chi connectivity index (χ2n) is 4.40. The Morgan fingerprint density at radius 3 is 1.83 bits per heavy atom. The first-order valence-electron chi connectivity index (χ1n) is 4.83. The molecule has 0 bridgehead atoms. The van der Waals surface area contributed by atoms with Crippen molar-refractivity contribution in [3.63, 3.8) is 0 Å². The third kappa shape index (κ3) is 2.43. The average molecular weight is 285 g/mol. The first-order valence-corrected chi connectivity index (χ1v) is 5.21. The molecule has 0 aliphatic carbocycles. The van der Waals surface area contributed by atoms with Gasteiger partial charge >= 0.3 is 5.97 Å². The summed E-state index contributed by atoms with van der Waals surface area (Å²) in [6.45, 7) is 2.32. The van der Waals surface area contributed by atoms with Crippen molar-refractivity contribution in [3.8, 4) is 0 Å². The van der Waals surface area contributed by atoms with E-state index in [4.69, 9.17) is 16.7 Å². The largest absolute Gasteiger partial charge is 0.481 e. The van der Waals surface area contributed by atoms with Crippen LogP contribution >= 0.6 is 11.6 Å². The fraction of sp³-hybridized carbons (Fsp3) is 0.364. The molecule has 1 aromatic rings. The molecule has 0 spiro atoms. The van der Waals surface area contributed by atoms with Crippen molar-refractivity contribution in [1.29, 1.82) is 0 Å². The number of aliphatic carboxylic acids is 1. The predicted molar refractivity (Wildman–Crippen MR) is 56.6 cm³/mol. The lowest BCUT2D eigenvalue weighted by Crippen LogP contribution is -2.26. The van der Waals surface area contributed by atoms with E-state index in [-0.39, 0.29) is 0 Å². The standard InChI is InChI=1S/C11H9ClF4O2/c1-11(2,3-4(17)18)5-7(13)9(15)6(12)10(16)8(5)14/h3H2,1-2H3,(H,17,18). The number of hydrogen-bond acceptors (Lipinski definition) is 1. The van der Waals surface area contributed by atoms with E-state index in [1.807, 2.05) is 0 Å². The Labute approximate surface area is 105 Å². The summed E-state index contributed by atoms with van der Waals surface area (Å²) < 4.78 is 53.7. The van der Waals surface area contributed by atoms with Crippen LogP contribution < -0.4 is 0 Å². The number of hydrogen-bond donors (Lipinski definition) is 1. The fourth-order valence-corrected chi connectivity index (χ4v) is 1.83. The second kappa shape index (κ2) is 4.76. The van der Waals surface area contributed by atoms with Gasteiger partial charge in [0.1, 0.15) is 5.02 Å². The normalized spacial score (nSPS) is 11.7. The summed E-state index contributed by atoms with van der Waals surface area (Å²) in [6, 6.07) is 0. The molecular formula is C11H9ClF4O2. The van der Waals surface area contributed by atoms with E-state index in [1.165, 1.54) is 0 Å². The van der Waals surface area contributed by atoms with Crippen molar-refractivity contribution in [2.75, 3.05) is 0 Å². The predicted octanol–water partition coefficient (Wildman–Crippen LogP) is 3.65. The molecule has 0 fully saturated rings. The molecule has 0 radical (unpaired) electrons. The van der Waals surface area contributed by atoms with Crippen molar-refractivity contribution < 1.29 is 27.5 Å². The molecule has 18 heavy (non-hydrogen) atoms. The maximum Gasteiger partial charge on any atom is 0.304 e. The molecule has 0 aromatic heterocycles. The SMILES string of the molecule is CC(C)(CC(=O)O)c1c(F)c(F)c(Cl)c(F)c1F. The number of carboxylic acids is 1. The molecule has 1 N–H and O–H groups in total. The molecule has 0 atom stereocenters. The summed E-state index contributed by atoms with van der Waals surface area (Å²) in [5, 5.41) is 7.34. The van der Waals surface area contributed by atoms with E-state index < -0.39 is 51.7 Å². The summed E-state index contributed by atoms with van der Waals surface area (Å²) in [6.07, 6.45) is -0.693. The van der Waals surface area contributed by atoms with E-state index >= 15 is 0 Å². The van der Waals surface area contributed by atoms with Gasteiger partial charge in [-0.15, -0.1) is 0 Å². The van der Waals surface area contributed by atoms with Crippen LogP contribution in [0, 0.1) is 23.3 Å². The van der Waals surface area contributed by atoms with Crippen molar-refractivity contribution in [2.24, 2.45) is 0 Å². The average Bonchev–Trinajstić information content (AvgIpc) is 2.21. The van der Waals surface area contributed by atoms with Crippen LogP contribution in [0.25, 0.3) is 0 Å². The number of halogens is 5. The summed E-state index contributed by atoms with van der Waals surface area (Å²) >= 11 is 5.07. The van der Waals surface area contributed by atoms with Gasteiger partial charge in [0.25, 0.3) is 0 Å². The Balaban J connectivity index is 3.55. The number of carboxylic acid groups (broad SMARTS) is 1. The first-order chi connectivity index (χ1) is 8.09. The molecule has 0 unspecified atom stereocenters. The van der Waals surface area contributed by atoms with Crippen LogP contribution in [-0.2, 0) is 10.2 Å². The molecular weight excluding hydrogens is 276 g/mol. The van der Waals surface area contributed by atoms with Gasteiger partial charge in [-0.25, -0.2) is 17.6 Å². The molecule has 0 heterocycles. The Hall–Kier alpha value is -1.30. The summed E-state index contributed by atoms with van der Waals surface area (Å²) in [5.74, 6) is -8.17. The molecule has 2 nitrogen and oxygen atoms in total. The van der Waals surface area contributed by atoms with Gasteiger partial charge < -0.3 is 5.11 Å². The Bertz CT molecular complexity index is 485. The molecule has 1 aromatic carbocycles. The monoisotopic (exact) mass is 284 g/mol. The minimum atomic E-state index is -1.73. The third-order valence-electron chi connectivity index (χ3n) is 2.48. The molecule has 1 rings (SSSR count). The third-order valence-corrected chi connectivity index (χ3v) is 2.81. The summed E-state index contributed by atoms with van der Waals surface area (Å²) in [5.41, 5.74) is -2.59. The van der Waals surface area contributed by atoms with Crippen LogP contribution in [0.2, 0.25) is 5.02 Å². The highest BCUT2D eigenvalue weighted by atomic mass is 35.5. The summed E-state index contributed by atoms with van der Waals surface area (Å²) in [7, 11) is 0. The summed E-state index contributed by atoms with van der Waals surface area (Å²) in [4.78, 5) is 10.6. The molecule has 0 aliphatic rings. The highest BCUT2D eigenvalue weighted by molar-refractivity contribution is 6.30. The van der Waals surface area contributed by atoms with Crippen molar-refractivity contribution in [1.82, 2.24) is 0 Å². The highest BCUT2D eigenvalue weighted by Gasteiger charge is 2.35. The number of carbonyl (C=O) groups is 1. The van der Waals surface area contributed by atoms with E-state index in [2.05, 4.69) is 0 Å². The zero-order valence-electron chi connectivity index (χ0n) is 9.45. The highest BCUT2D eigenvalue weighted by Crippen LogP contribution is 2.36. The van der Waals surface area contributed by atoms with Crippen LogP contribution in [0.15, 0.2) is 0 Å². The van der Waals surface area contributed by atoms with Gasteiger partial charge in [-0.1, -0.05) is 25.4 Å². The minimum absolute atomic E-state index is 0.693. The molecule has 7 heteroatoms.